The van der Waals surface area contributed by atoms with E-state index in [1.54, 1.807) is 7.05 Å². The second-order valence-corrected chi connectivity index (χ2v) is 8.17. The predicted octanol–water partition coefficient (Wildman–Crippen LogP) is 3.59. The zero-order chi connectivity index (χ0) is 22.9. The van der Waals surface area contributed by atoms with Crippen LogP contribution in [0.3, 0.4) is 0 Å². The normalized spacial score (nSPS) is 14.7. The van der Waals surface area contributed by atoms with Crippen molar-refractivity contribution in [1.29, 1.82) is 0 Å². The lowest BCUT2D eigenvalue weighted by atomic mass is 10.1. The smallest absolute Gasteiger partial charge is 0.239 e. The van der Waals surface area contributed by atoms with Crippen molar-refractivity contribution < 1.29 is 9.53 Å². The highest BCUT2D eigenvalue weighted by Crippen LogP contribution is 2.22. The summed E-state index contributed by atoms with van der Waals surface area (Å²) in [6, 6.07) is 14.6. The number of rotatable bonds is 8. The van der Waals surface area contributed by atoms with Gasteiger partial charge in [-0.25, -0.2) is 0 Å². The quantitative estimate of drug-likeness (QED) is 0.259. The summed E-state index contributed by atoms with van der Waals surface area (Å²) < 4.78 is 6.11. The van der Waals surface area contributed by atoms with E-state index in [1.807, 2.05) is 0 Å². The van der Waals surface area contributed by atoms with Gasteiger partial charge in [-0.3, -0.25) is 9.79 Å². The van der Waals surface area contributed by atoms with Crippen LogP contribution in [0.15, 0.2) is 47.5 Å². The molecule has 1 aliphatic rings. The van der Waals surface area contributed by atoms with Crippen molar-refractivity contribution in [2.75, 3.05) is 31.6 Å². The monoisotopic (exact) mass is 565 g/mol. The number of carbonyl (C=O) groups excluding carboxylic acids is 1. The first-order valence-electron chi connectivity index (χ1n) is 11.3. The van der Waals surface area contributed by atoms with E-state index in [0.717, 1.165) is 41.5 Å². The second-order valence-electron chi connectivity index (χ2n) is 8.17. The van der Waals surface area contributed by atoms with Crippen molar-refractivity contribution in [3.8, 4) is 5.75 Å². The summed E-state index contributed by atoms with van der Waals surface area (Å²) in [6.45, 7) is 9.51. The average Bonchev–Trinajstić information content (AvgIpc) is 2.80. The van der Waals surface area contributed by atoms with Crippen molar-refractivity contribution in [2.45, 2.75) is 46.4 Å². The molecule has 1 saturated heterocycles. The molecule has 1 heterocycles. The number of amides is 1. The van der Waals surface area contributed by atoms with Gasteiger partial charge in [-0.05, 0) is 49.6 Å². The number of ether oxygens (including phenoxy) is 1. The van der Waals surface area contributed by atoms with Gasteiger partial charge in [-0.15, -0.1) is 24.0 Å². The Morgan fingerprint density at radius 1 is 1.18 bits per heavy atom. The highest BCUT2D eigenvalue weighted by atomic mass is 127. The van der Waals surface area contributed by atoms with Crippen LogP contribution in [0.1, 0.15) is 37.0 Å². The molecule has 0 radical (unpaired) electrons. The molecule has 0 bridgehead atoms. The number of nitrogens with one attached hydrogen (secondary N) is 3. The van der Waals surface area contributed by atoms with Gasteiger partial charge in [-0.1, -0.05) is 31.2 Å². The summed E-state index contributed by atoms with van der Waals surface area (Å²) >= 11 is 0. The third-order valence-electron chi connectivity index (χ3n) is 5.60. The van der Waals surface area contributed by atoms with Crippen molar-refractivity contribution >= 4 is 41.5 Å². The van der Waals surface area contributed by atoms with Crippen LogP contribution in [0.2, 0.25) is 0 Å². The molecule has 0 aliphatic carbocycles. The van der Waals surface area contributed by atoms with E-state index in [-0.39, 0.29) is 36.0 Å². The van der Waals surface area contributed by atoms with Gasteiger partial charge < -0.3 is 25.6 Å². The molecule has 3 rings (SSSR count). The molecule has 1 amide bonds. The molecule has 1 atom stereocenters. The number of halogens is 1. The number of benzene rings is 2. The molecule has 3 N–H and O–H groups in total. The standard InChI is InChI=1S/C25H35N5O2.HI/c1-5-19(3)32-23-14-18(2)6-9-21(23)16-29-25(26-4)28-15-20-7-10-22(11-8-20)30-13-12-27-24(31)17-30;/h6-11,14,19H,5,12-13,15-17H2,1-4H3,(H,27,31)(H2,26,28,29);1H. The molecule has 33 heavy (non-hydrogen) atoms. The first kappa shape index (κ1) is 26.8. The molecule has 0 saturated carbocycles. The first-order valence-corrected chi connectivity index (χ1v) is 11.3. The highest BCUT2D eigenvalue weighted by molar-refractivity contribution is 14.0. The average molecular weight is 566 g/mol. The maximum Gasteiger partial charge on any atom is 0.239 e. The fourth-order valence-corrected chi connectivity index (χ4v) is 3.49. The molecule has 0 aromatic heterocycles. The minimum atomic E-state index is 0. The van der Waals surface area contributed by atoms with E-state index in [0.29, 0.717) is 26.2 Å². The molecule has 0 spiro atoms. The van der Waals surface area contributed by atoms with Gasteiger partial charge in [0.2, 0.25) is 5.91 Å². The van der Waals surface area contributed by atoms with E-state index >= 15 is 0 Å². The van der Waals surface area contributed by atoms with Gasteiger partial charge in [-0.2, -0.15) is 0 Å². The maximum absolute atomic E-state index is 11.6. The zero-order valence-corrected chi connectivity index (χ0v) is 22.3. The Bertz CT molecular complexity index is 933. The number of carbonyl (C=O) groups is 1. The molecule has 8 heteroatoms. The minimum absolute atomic E-state index is 0. The SMILES string of the molecule is CCC(C)Oc1cc(C)ccc1CNC(=NC)NCc1ccc(N2CCNC(=O)C2)cc1.I. The Kier molecular flexibility index (Phi) is 10.8. The molecule has 1 unspecified atom stereocenters. The lowest BCUT2D eigenvalue weighted by Crippen LogP contribution is -2.47. The van der Waals surface area contributed by atoms with Crippen molar-refractivity contribution in [3.63, 3.8) is 0 Å². The number of aliphatic imine (C=N–C) groups is 1. The molecule has 2 aromatic carbocycles. The number of hydrogen-bond acceptors (Lipinski definition) is 4. The van der Waals surface area contributed by atoms with E-state index in [9.17, 15) is 4.79 Å². The largest absolute Gasteiger partial charge is 0.490 e. The number of guanidine groups is 1. The Morgan fingerprint density at radius 3 is 2.58 bits per heavy atom. The fraction of sp³-hybridized carbons (Fsp3) is 0.440. The number of nitrogens with zero attached hydrogens (tertiary/aromatic N) is 2. The van der Waals surface area contributed by atoms with Crippen LogP contribution in [0.5, 0.6) is 5.75 Å². The molecule has 7 nitrogen and oxygen atoms in total. The molecular formula is C25H36IN5O2. The summed E-state index contributed by atoms with van der Waals surface area (Å²) in [6.07, 6.45) is 1.14. The second kappa shape index (κ2) is 13.3. The predicted molar refractivity (Wildman–Crippen MR) is 146 cm³/mol. The summed E-state index contributed by atoms with van der Waals surface area (Å²) in [4.78, 5) is 18.0. The van der Waals surface area contributed by atoms with Crippen molar-refractivity contribution in [1.82, 2.24) is 16.0 Å². The van der Waals surface area contributed by atoms with Crippen LogP contribution in [0.4, 0.5) is 5.69 Å². The number of hydrogen-bond donors (Lipinski definition) is 3. The van der Waals surface area contributed by atoms with Gasteiger partial charge in [0.1, 0.15) is 5.75 Å². The Morgan fingerprint density at radius 2 is 1.91 bits per heavy atom. The maximum atomic E-state index is 11.6. The molecule has 1 aliphatic heterocycles. The fourth-order valence-electron chi connectivity index (χ4n) is 3.49. The third kappa shape index (κ3) is 8.10. The summed E-state index contributed by atoms with van der Waals surface area (Å²) in [5.41, 5.74) is 4.51. The lowest BCUT2D eigenvalue weighted by molar-refractivity contribution is -0.120. The number of aryl methyl sites for hydroxylation is 1. The van der Waals surface area contributed by atoms with E-state index in [1.165, 1.54) is 5.56 Å². The van der Waals surface area contributed by atoms with Crippen LogP contribution >= 0.6 is 24.0 Å². The molecular weight excluding hydrogens is 529 g/mol. The van der Waals surface area contributed by atoms with Gasteiger partial charge in [0.25, 0.3) is 0 Å². The van der Waals surface area contributed by atoms with Gasteiger partial charge in [0, 0.05) is 44.5 Å². The van der Waals surface area contributed by atoms with Crippen LogP contribution in [0.25, 0.3) is 0 Å². The van der Waals surface area contributed by atoms with E-state index in [2.05, 4.69) is 89.1 Å². The van der Waals surface area contributed by atoms with Gasteiger partial charge >= 0.3 is 0 Å². The number of anilines is 1. The number of piperazine rings is 1. The van der Waals surface area contributed by atoms with Gasteiger partial charge in [0.05, 0.1) is 12.6 Å². The lowest BCUT2D eigenvalue weighted by Gasteiger charge is -2.28. The van der Waals surface area contributed by atoms with E-state index < -0.39 is 0 Å². The van der Waals surface area contributed by atoms with Crippen LogP contribution in [-0.2, 0) is 17.9 Å². The third-order valence-corrected chi connectivity index (χ3v) is 5.60. The van der Waals surface area contributed by atoms with Crippen LogP contribution in [-0.4, -0.2) is 44.7 Å². The molecule has 180 valence electrons. The summed E-state index contributed by atoms with van der Waals surface area (Å²) in [5.74, 6) is 1.73. The summed E-state index contributed by atoms with van der Waals surface area (Å²) in [5, 5.41) is 9.60. The van der Waals surface area contributed by atoms with Crippen molar-refractivity contribution in [3.05, 3.63) is 59.2 Å². The van der Waals surface area contributed by atoms with E-state index in [4.69, 9.17) is 4.74 Å². The Hall–Kier alpha value is -2.49. The summed E-state index contributed by atoms with van der Waals surface area (Å²) in [7, 11) is 1.77. The highest BCUT2D eigenvalue weighted by Gasteiger charge is 2.16. The van der Waals surface area contributed by atoms with Crippen molar-refractivity contribution in [2.24, 2.45) is 4.99 Å². The van der Waals surface area contributed by atoms with Gasteiger partial charge in [0.15, 0.2) is 5.96 Å². The molecule has 1 fully saturated rings. The van der Waals surface area contributed by atoms with Crippen LogP contribution in [0, 0.1) is 6.92 Å². The zero-order valence-electron chi connectivity index (χ0n) is 20.0. The first-order chi connectivity index (χ1) is 15.5. The topological polar surface area (TPSA) is 78.0 Å². The Balaban J connectivity index is 0.00000385. The Labute approximate surface area is 214 Å². The molecule has 2 aromatic rings. The minimum Gasteiger partial charge on any atom is -0.490 e. The van der Waals surface area contributed by atoms with Crippen LogP contribution < -0.4 is 25.6 Å².